The first kappa shape index (κ1) is 20.4. The highest BCUT2D eigenvalue weighted by molar-refractivity contribution is 6.13. The molecule has 8 nitrogen and oxygen atoms in total. The van der Waals surface area contributed by atoms with E-state index in [-0.39, 0.29) is 34.8 Å². The average Bonchev–Trinajstić information content (AvgIpc) is 2.73. The first-order valence-corrected chi connectivity index (χ1v) is 9.17. The Labute approximate surface area is 167 Å². The predicted molar refractivity (Wildman–Crippen MR) is 106 cm³/mol. The number of piperidine rings is 1. The van der Waals surface area contributed by atoms with Gasteiger partial charge in [0.2, 0.25) is 5.78 Å². The number of likely N-dealkylation sites (tertiary alicyclic amines) is 1. The molecule has 1 aliphatic heterocycles. The van der Waals surface area contributed by atoms with Gasteiger partial charge >= 0.3 is 6.09 Å². The Morgan fingerprint density at radius 2 is 1.90 bits per heavy atom. The lowest BCUT2D eigenvalue weighted by Crippen LogP contribution is -2.42. The Morgan fingerprint density at radius 1 is 1.17 bits per heavy atom. The minimum Gasteiger partial charge on any atom is -0.496 e. The maximum absolute atomic E-state index is 13.6. The highest BCUT2D eigenvalue weighted by Crippen LogP contribution is 2.26. The summed E-state index contributed by atoms with van der Waals surface area (Å²) in [7, 11) is 2.77. The number of nitrogen functional groups attached to an aromatic ring is 1. The van der Waals surface area contributed by atoms with E-state index < -0.39 is 11.6 Å². The van der Waals surface area contributed by atoms with Crippen molar-refractivity contribution in [3.8, 4) is 5.75 Å². The third-order valence-corrected chi connectivity index (χ3v) is 4.86. The summed E-state index contributed by atoms with van der Waals surface area (Å²) >= 11 is 0. The van der Waals surface area contributed by atoms with Crippen LogP contribution in [0, 0.1) is 5.82 Å². The molecule has 3 N–H and O–H groups in total. The van der Waals surface area contributed by atoms with Crippen LogP contribution in [0.1, 0.15) is 28.8 Å². The number of carbonyl (C=O) groups is 2. The standard InChI is InChI=1S/C20H23FN4O4/c1-28-16-5-3-12(21)11-15(16)18(26)14-4-6-17(24-19(14)22)23-13-7-9-25(10-8-13)20(27)29-2/h3-6,11,13H,7-10H2,1-2H3,(H3,22,23,24). The number of ether oxygens (including phenoxy) is 2. The fraction of sp³-hybridized carbons (Fsp3) is 0.350. The molecule has 2 heterocycles. The summed E-state index contributed by atoms with van der Waals surface area (Å²) in [6.45, 7) is 1.16. The van der Waals surface area contributed by atoms with Crippen LogP contribution in [0.15, 0.2) is 30.3 Å². The first-order valence-electron chi connectivity index (χ1n) is 9.17. The number of ketones is 1. The molecule has 0 atom stereocenters. The van der Waals surface area contributed by atoms with Gasteiger partial charge in [-0.25, -0.2) is 14.2 Å². The normalized spacial score (nSPS) is 14.4. The van der Waals surface area contributed by atoms with Crippen molar-refractivity contribution in [3.63, 3.8) is 0 Å². The van der Waals surface area contributed by atoms with Crippen molar-refractivity contribution >= 4 is 23.5 Å². The molecule has 2 aromatic rings. The van der Waals surface area contributed by atoms with E-state index in [1.807, 2.05) is 0 Å². The van der Waals surface area contributed by atoms with E-state index in [1.165, 1.54) is 26.4 Å². The van der Waals surface area contributed by atoms with E-state index in [0.717, 1.165) is 18.9 Å². The van der Waals surface area contributed by atoms with Crippen LogP contribution >= 0.6 is 0 Å². The molecule has 154 valence electrons. The molecule has 0 aliphatic carbocycles. The first-order chi connectivity index (χ1) is 13.9. The van der Waals surface area contributed by atoms with Crippen LogP contribution in [0.4, 0.5) is 20.8 Å². The molecule has 0 radical (unpaired) electrons. The molecule has 1 amide bonds. The molecule has 0 saturated carbocycles. The topological polar surface area (TPSA) is 107 Å². The van der Waals surface area contributed by atoms with E-state index in [9.17, 15) is 14.0 Å². The van der Waals surface area contributed by atoms with Crippen LogP contribution in [-0.2, 0) is 4.74 Å². The third kappa shape index (κ3) is 4.56. The number of amides is 1. The summed E-state index contributed by atoms with van der Waals surface area (Å²) in [6, 6.07) is 7.05. The second-order valence-corrected chi connectivity index (χ2v) is 6.68. The molecule has 1 aliphatic rings. The van der Waals surface area contributed by atoms with Gasteiger partial charge < -0.3 is 25.4 Å². The summed E-state index contributed by atoms with van der Waals surface area (Å²) in [4.78, 5) is 30.3. The number of halogens is 1. The number of pyridine rings is 1. The summed E-state index contributed by atoms with van der Waals surface area (Å²) in [5.74, 6) is -0.183. The predicted octanol–water partition coefficient (Wildman–Crippen LogP) is 2.69. The number of nitrogens with zero attached hydrogens (tertiary/aromatic N) is 2. The molecule has 1 saturated heterocycles. The van der Waals surface area contributed by atoms with Gasteiger partial charge in [0.05, 0.1) is 25.3 Å². The Balaban J connectivity index is 1.70. The zero-order valence-electron chi connectivity index (χ0n) is 16.3. The number of nitrogens with two attached hydrogens (primary N) is 1. The highest BCUT2D eigenvalue weighted by atomic mass is 19.1. The number of hydrogen-bond donors (Lipinski definition) is 2. The van der Waals surface area contributed by atoms with Crippen LogP contribution in [-0.4, -0.2) is 55.1 Å². The Kier molecular flexibility index (Phi) is 6.16. The molecule has 1 fully saturated rings. The quantitative estimate of drug-likeness (QED) is 0.741. The fourth-order valence-electron chi connectivity index (χ4n) is 3.29. The Hall–Kier alpha value is -3.36. The van der Waals surface area contributed by atoms with E-state index in [0.29, 0.717) is 18.9 Å². The molecule has 29 heavy (non-hydrogen) atoms. The van der Waals surface area contributed by atoms with Gasteiger partial charge in [-0.3, -0.25) is 4.79 Å². The van der Waals surface area contributed by atoms with E-state index in [2.05, 4.69) is 10.3 Å². The number of rotatable bonds is 5. The number of anilines is 2. The maximum Gasteiger partial charge on any atom is 0.409 e. The van der Waals surface area contributed by atoms with Crippen LogP contribution in [0.3, 0.4) is 0 Å². The molecular formula is C20H23FN4O4. The smallest absolute Gasteiger partial charge is 0.409 e. The monoisotopic (exact) mass is 402 g/mol. The van der Waals surface area contributed by atoms with Gasteiger partial charge in [-0.1, -0.05) is 0 Å². The number of carbonyl (C=O) groups excluding carboxylic acids is 2. The van der Waals surface area contributed by atoms with E-state index in [1.54, 1.807) is 17.0 Å². The average molecular weight is 402 g/mol. The summed E-state index contributed by atoms with van der Waals surface area (Å²) in [6.07, 6.45) is 1.14. The van der Waals surface area contributed by atoms with Crippen molar-refractivity contribution in [1.29, 1.82) is 0 Å². The summed E-state index contributed by atoms with van der Waals surface area (Å²) in [5.41, 5.74) is 6.25. The van der Waals surface area contributed by atoms with Crippen molar-refractivity contribution in [2.24, 2.45) is 0 Å². The molecule has 1 aromatic heterocycles. The molecule has 0 bridgehead atoms. The zero-order chi connectivity index (χ0) is 21.0. The van der Waals surface area contributed by atoms with Crippen LogP contribution < -0.4 is 15.8 Å². The second-order valence-electron chi connectivity index (χ2n) is 6.68. The minimum absolute atomic E-state index is 0.0401. The molecule has 9 heteroatoms. The molecule has 1 aromatic carbocycles. The maximum atomic E-state index is 13.6. The zero-order valence-corrected chi connectivity index (χ0v) is 16.3. The lowest BCUT2D eigenvalue weighted by atomic mass is 10.0. The number of nitrogens with one attached hydrogen (secondary N) is 1. The van der Waals surface area contributed by atoms with Gasteiger partial charge in [0.25, 0.3) is 0 Å². The second kappa shape index (κ2) is 8.76. The Morgan fingerprint density at radius 3 is 2.52 bits per heavy atom. The minimum atomic E-state index is -0.544. The SMILES string of the molecule is COC(=O)N1CCC(Nc2ccc(C(=O)c3cc(F)ccc3OC)c(N)n2)CC1. The number of hydrogen-bond acceptors (Lipinski definition) is 7. The van der Waals surface area contributed by atoms with Crippen molar-refractivity contribution in [1.82, 2.24) is 9.88 Å². The van der Waals surface area contributed by atoms with Gasteiger partial charge in [-0.05, 0) is 43.2 Å². The molecule has 0 spiro atoms. The molecular weight excluding hydrogens is 379 g/mol. The number of aromatic nitrogens is 1. The van der Waals surface area contributed by atoms with Crippen LogP contribution in [0.2, 0.25) is 0 Å². The largest absolute Gasteiger partial charge is 0.496 e. The van der Waals surface area contributed by atoms with Crippen LogP contribution in [0.5, 0.6) is 5.75 Å². The van der Waals surface area contributed by atoms with Crippen molar-refractivity contribution in [3.05, 3.63) is 47.3 Å². The van der Waals surface area contributed by atoms with Crippen molar-refractivity contribution in [2.45, 2.75) is 18.9 Å². The summed E-state index contributed by atoms with van der Waals surface area (Å²) in [5, 5.41) is 3.27. The Bertz CT molecular complexity index is 913. The van der Waals surface area contributed by atoms with Crippen molar-refractivity contribution < 1.29 is 23.5 Å². The highest BCUT2D eigenvalue weighted by Gasteiger charge is 2.24. The lowest BCUT2D eigenvalue weighted by Gasteiger charge is -2.31. The van der Waals surface area contributed by atoms with Gasteiger partial charge in [0, 0.05) is 19.1 Å². The number of benzene rings is 1. The van der Waals surface area contributed by atoms with Gasteiger partial charge in [-0.15, -0.1) is 0 Å². The number of methoxy groups -OCH3 is 2. The van der Waals surface area contributed by atoms with Gasteiger partial charge in [-0.2, -0.15) is 0 Å². The summed E-state index contributed by atoms with van der Waals surface area (Å²) < 4.78 is 23.5. The lowest BCUT2D eigenvalue weighted by molar-refractivity contribution is 0.103. The third-order valence-electron chi connectivity index (χ3n) is 4.86. The fourth-order valence-corrected chi connectivity index (χ4v) is 3.29. The van der Waals surface area contributed by atoms with Gasteiger partial charge in [0.15, 0.2) is 0 Å². The van der Waals surface area contributed by atoms with E-state index >= 15 is 0 Å². The van der Waals surface area contributed by atoms with E-state index in [4.69, 9.17) is 15.2 Å². The van der Waals surface area contributed by atoms with Crippen molar-refractivity contribution in [2.75, 3.05) is 38.4 Å². The molecule has 3 rings (SSSR count). The van der Waals surface area contributed by atoms with Gasteiger partial charge in [0.1, 0.15) is 23.2 Å². The molecule has 0 unspecified atom stereocenters. The van der Waals surface area contributed by atoms with Crippen LogP contribution in [0.25, 0.3) is 0 Å².